The molecule has 0 heterocycles. The summed E-state index contributed by atoms with van der Waals surface area (Å²) in [6.07, 6.45) is -0.947. The standard InChI is InChI=1S/C17H25NO4/c1-16(2,3)22-15(21)18(6)13(14(19)20)17(4,5)12-10-8-7-9-11-12/h7-11,13H,1-6H3,(H,19,20)/t13-/m1/s1/i4D,5D,6D. The zero-order valence-corrected chi connectivity index (χ0v) is 13.2. The summed E-state index contributed by atoms with van der Waals surface area (Å²) in [6, 6.07) is 6.83. The van der Waals surface area contributed by atoms with Gasteiger partial charge in [0.05, 0.1) is 0 Å². The fourth-order valence-electron chi connectivity index (χ4n) is 2.02. The summed E-state index contributed by atoms with van der Waals surface area (Å²) >= 11 is 0. The highest BCUT2D eigenvalue weighted by atomic mass is 16.6. The minimum Gasteiger partial charge on any atom is -0.480 e. The molecule has 0 spiro atoms. The summed E-state index contributed by atoms with van der Waals surface area (Å²) in [4.78, 5) is 25.2. The quantitative estimate of drug-likeness (QED) is 0.926. The normalized spacial score (nSPS) is 15.1. The van der Waals surface area contributed by atoms with Gasteiger partial charge in [0.25, 0.3) is 0 Å². The second-order valence-electron chi connectivity index (χ2n) is 6.21. The first kappa shape index (κ1) is 13.6. The highest BCUT2D eigenvalue weighted by molar-refractivity contribution is 5.82. The van der Waals surface area contributed by atoms with Gasteiger partial charge in [-0.1, -0.05) is 44.1 Å². The number of carboxylic acid groups (broad SMARTS) is 1. The lowest BCUT2D eigenvalue weighted by Crippen LogP contribution is -2.54. The van der Waals surface area contributed by atoms with Crippen LogP contribution in [0.15, 0.2) is 30.3 Å². The minimum atomic E-state index is -1.56. The number of rotatable bonds is 4. The Morgan fingerprint density at radius 1 is 1.23 bits per heavy atom. The lowest BCUT2D eigenvalue weighted by molar-refractivity contribution is -0.145. The molecule has 0 saturated heterocycles. The predicted octanol–water partition coefficient (Wildman–Crippen LogP) is 3.28. The number of hydrogen-bond donors (Lipinski definition) is 1. The molecule has 0 unspecified atom stereocenters. The van der Waals surface area contributed by atoms with Crippen LogP contribution in [0.25, 0.3) is 0 Å². The Hall–Kier alpha value is -2.04. The molecule has 1 aromatic rings. The van der Waals surface area contributed by atoms with Crippen molar-refractivity contribution in [2.24, 2.45) is 0 Å². The van der Waals surface area contributed by atoms with E-state index in [1.807, 2.05) is 0 Å². The van der Waals surface area contributed by atoms with E-state index in [1.165, 1.54) is 0 Å². The van der Waals surface area contributed by atoms with Crippen LogP contribution in [0.1, 0.15) is 44.2 Å². The van der Waals surface area contributed by atoms with Gasteiger partial charge in [-0.05, 0) is 26.3 Å². The Kier molecular flexibility index (Phi) is 3.95. The van der Waals surface area contributed by atoms with Crippen molar-refractivity contribution in [2.75, 3.05) is 7.02 Å². The van der Waals surface area contributed by atoms with Gasteiger partial charge in [-0.3, -0.25) is 4.90 Å². The minimum absolute atomic E-state index is 0.420. The van der Waals surface area contributed by atoms with E-state index in [9.17, 15) is 14.7 Å². The van der Waals surface area contributed by atoms with Gasteiger partial charge in [0.1, 0.15) is 11.6 Å². The van der Waals surface area contributed by atoms with Crippen molar-refractivity contribution < 1.29 is 23.5 Å². The lowest BCUT2D eigenvalue weighted by atomic mass is 9.77. The maximum Gasteiger partial charge on any atom is 0.410 e. The van der Waals surface area contributed by atoms with Crippen LogP contribution < -0.4 is 0 Å². The molecule has 22 heavy (non-hydrogen) atoms. The Bertz CT molecular complexity index is 585. The van der Waals surface area contributed by atoms with Gasteiger partial charge in [-0.2, -0.15) is 0 Å². The molecule has 122 valence electrons. The van der Waals surface area contributed by atoms with Crippen molar-refractivity contribution in [3.63, 3.8) is 0 Å². The van der Waals surface area contributed by atoms with Gasteiger partial charge in [-0.15, -0.1) is 0 Å². The molecule has 1 aromatic carbocycles. The van der Waals surface area contributed by atoms with Gasteiger partial charge in [0.15, 0.2) is 0 Å². The average Bonchev–Trinajstić information content (AvgIpc) is 2.54. The van der Waals surface area contributed by atoms with E-state index in [2.05, 4.69) is 0 Å². The zero-order valence-electron chi connectivity index (χ0n) is 16.2. The second kappa shape index (κ2) is 6.38. The Morgan fingerprint density at radius 2 is 1.82 bits per heavy atom. The molecule has 0 aromatic heterocycles. The number of carbonyl (C=O) groups is 2. The fraction of sp³-hybridized carbons (Fsp3) is 0.529. The molecule has 0 aliphatic heterocycles. The third-order valence-electron chi connectivity index (χ3n) is 3.05. The molecule has 0 aliphatic carbocycles. The van der Waals surface area contributed by atoms with Crippen LogP contribution >= 0.6 is 0 Å². The largest absolute Gasteiger partial charge is 0.480 e. The Labute approximate surface area is 136 Å². The van der Waals surface area contributed by atoms with Crippen LogP contribution in [-0.4, -0.2) is 40.7 Å². The van der Waals surface area contributed by atoms with Crippen LogP contribution in [0, 0.1) is 0 Å². The number of likely N-dealkylation sites (N-methyl/N-ethyl adjacent to an activating group) is 1. The third kappa shape index (κ3) is 4.23. The number of nitrogens with zero attached hydrogens (tertiary/aromatic N) is 1. The van der Waals surface area contributed by atoms with Gasteiger partial charge < -0.3 is 9.84 Å². The van der Waals surface area contributed by atoms with Crippen molar-refractivity contribution in [1.29, 1.82) is 0 Å². The molecule has 1 amide bonds. The van der Waals surface area contributed by atoms with E-state index in [4.69, 9.17) is 8.85 Å². The average molecular weight is 310 g/mol. The summed E-state index contributed by atoms with van der Waals surface area (Å²) in [5.74, 6) is -1.37. The van der Waals surface area contributed by atoms with Crippen LogP contribution in [0.2, 0.25) is 0 Å². The number of ether oxygens (including phenoxy) is 1. The Morgan fingerprint density at radius 3 is 2.23 bits per heavy atom. The third-order valence-corrected chi connectivity index (χ3v) is 3.05. The molecule has 1 N–H and O–H groups in total. The fourth-order valence-corrected chi connectivity index (χ4v) is 2.02. The molecule has 0 aliphatic rings. The summed E-state index contributed by atoms with van der Waals surface area (Å²) < 4.78 is 28.7. The topological polar surface area (TPSA) is 66.8 Å². The van der Waals surface area contributed by atoms with Crippen LogP contribution in [0.5, 0.6) is 0 Å². The van der Waals surface area contributed by atoms with Crippen molar-refractivity contribution in [3.8, 4) is 0 Å². The first-order valence-corrected chi connectivity index (χ1v) is 6.78. The molecular weight excluding hydrogens is 282 g/mol. The van der Waals surface area contributed by atoms with Crippen molar-refractivity contribution in [1.82, 2.24) is 4.90 Å². The summed E-state index contributed by atoms with van der Waals surface area (Å²) in [5.41, 5.74) is -1.86. The maximum absolute atomic E-state index is 12.4. The van der Waals surface area contributed by atoms with E-state index < -0.39 is 49.9 Å². The van der Waals surface area contributed by atoms with E-state index in [0.29, 0.717) is 5.56 Å². The summed E-state index contributed by atoms with van der Waals surface area (Å²) in [6.45, 7) is 4.08. The van der Waals surface area contributed by atoms with Crippen LogP contribution in [-0.2, 0) is 14.9 Å². The molecule has 5 nitrogen and oxygen atoms in total. The zero-order chi connectivity index (χ0) is 19.3. The van der Waals surface area contributed by atoms with Crippen molar-refractivity contribution >= 4 is 12.1 Å². The molecule has 0 saturated carbocycles. The van der Waals surface area contributed by atoms with E-state index in [0.717, 1.165) is 4.90 Å². The monoisotopic (exact) mass is 310 g/mol. The molecule has 5 heteroatoms. The maximum atomic E-state index is 12.4. The molecule has 1 atom stereocenters. The smallest absolute Gasteiger partial charge is 0.410 e. The second-order valence-corrected chi connectivity index (χ2v) is 6.21. The van der Waals surface area contributed by atoms with Crippen molar-refractivity contribution in [2.45, 2.75) is 51.6 Å². The van der Waals surface area contributed by atoms with Gasteiger partial charge in [-0.25, -0.2) is 9.59 Å². The number of benzene rings is 1. The Balaban J connectivity index is 3.43. The van der Waals surface area contributed by atoms with Gasteiger partial charge >= 0.3 is 12.1 Å². The molecular formula is C17H25NO4. The molecule has 0 fully saturated rings. The summed E-state index contributed by atoms with van der Waals surface area (Å²) in [7, 11) is -0.652. The number of amides is 1. The number of carbonyl (C=O) groups excluding carboxylic acids is 1. The number of aliphatic carboxylic acids is 1. The number of carboxylic acids is 1. The highest BCUT2D eigenvalue weighted by Crippen LogP contribution is 2.30. The lowest BCUT2D eigenvalue weighted by Gasteiger charge is -2.38. The summed E-state index contributed by atoms with van der Waals surface area (Å²) in [5, 5.41) is 9.78. The van der Waals surface area contributed by atoms with Crippen LogP contribution in [0.4, 0.5) is 4.79 Å². The first-order valence-electron chi connectivity index (χ1n) is 8.90. The SMILES string of the molecule is [2H]CN(C(=O)OC(C)(C)C)[C@H](C(=O)O)C(C[2H])(C[2H])c1ccccc1. The van der Waals surface area contributed by atoms with E-state index >= 15 is 0 Å². The van der Waals surface area contributed by atoms with Gasteiger partial charge in [0.2, 0.25) is 0 Å². The predicted molar refractivity (Wildman–Crippen MR) is 84.9 cm³/mol. The number of hydrogen-bond acceptors (Lipinski definition) is 3. The molecule has 0 bridgehead atoms. The first-order chi connectivity index (χ1) is 11.6. The molecule has 1 rings (SSSR count). The highest BCUT2D eigenvalue weighted by Gasteiger charge is 2.42. The van der Waals surface area contributed by atoms with E-state index in [-0.39, 0.29) is 0 Å². The van der Waals surface area contributed by atoms with E-state index in [1.54, 1.807) is 51.1 Å². The van der Waals surface area contributed by atoms with Crippen LogP contribution in [0.3, 0.4) is 0 Å². The van der Waals surface area contributed by atoms with Gasteiger partial charge in [0, 0.05) is 16.6 Å². The van der Waals surface area contributed by atoms with Crippen molar-refractivity contribution in [3.05, 3.63) is 35.9 Å². The molecule has 0 radical (unpaired) electrons.